The number of nitrogens with zero attached hydrogens (tertiary/aromatic N) is 3. The Morgan fingerprint density at radius 1 is 1.08 bits per heavy atom. The number of aromatic nitrogens is 2. The summed E-state index contributed by atoms with van der Waals surface area (Å²) >= 11 is 0. The second-order valence-electron chi connectivity index (χ2n) is 10.2. The number of carbonyl (C=O) groups excluding carboxylic acids is 1. The maximum absolute atomic E-state index is 13.1. The number of benzene rings is 3. The van der Waals surface area contributed by atoms with Crippen LogP contribution in [-0.2, 0) is 7.05 Å². The monoisotopic (exact) mass is 507 g/mol. The molecule has 1 amide bonds. The zero-order valence-corrected chi connectivity index (χ0v) is 22.3. The van der Waals surface area contributed by atoms with Gasteiger partial charge in [-0.1, -0.05) is 42.0 Å². The van der Waals surface area contributed by atoms with Crippen LogP contribution in [0.2, 0.25) is 0 Å². The molecule has 2 N–H and O–H groups in total. The van der Waals surface area contributed by atoms with Gasteiger partial charge < -0.3 is 24.5 Å². The van der Waals surface area contributed by atoms with E-state index in [1.807, 2.05) is 43.4 Å². The smallest absolute Gasteiger partial charge is 0.255 e. The molecule has 0 bridgehead atoms. The van der Waals surface area contributed by atoms with Crippen molar-refractivity contribution in [1.29, 1.82) is 0 Å². The van der Waals surface area contributed by atoms with Crippen molar-refractivity contribution in [3.63, 3.8) is 0 Å². The maximum atomic E-state index is 13.1. The number of fused-ring (bicyclic) bond motifs is 2. The van der Waals surface area contributed by atoms with Crippen molar-refractivity contribution >= 4 is 39.5 Å². The highest BCUT2D eigenvalue weighted by atomic mass is 16.3. The second-order valence-corrected chi connectivity index (χ2v) is 10.2. The summed E-state index contributed by atoms with van der Waals surface area (Å²) in [5.74, 6) is 1.74. The number of furan rings is 1. The lowest BCUT2D eigenvalue weighted by molar-refractivity contribution is 0.0964. The number of amides is 1. The molecule has 7 heteroatoms. The maximum Gasteiger partial charge on any atom is 0.255 e. The predicted molar refractivity (Wildman–Crippen MR) is 154 cm³/mol. The topological polar surface area (TPSA) is 75.3 Å². The standard InChI is InChI=1S/C31H33N5O2/c1-19-11-13-20(14-12-19)29-28(30(37)33-3)23-16-22(25(32-2)17-27(23)38-29)21-8-7-15-36(18-21)31-34-24-9-5-6-10-26(24)35(31)4/h5-6,9-14,16-17,21,32H,7-8,15,18H2,1-4H3,(H,33,37)/t21-/m1/s1. The van der Waals surface area contributed by atoms with Gasteiger partial charge in [-0.15, -0.1) is 0 Å². The number of para-hydroxylation sites is 2. The molecule has 1 saturated heterocycles. The van der Waals surface area contributed by atoms with Gasteiger partial charge in [0, 0.05) is 62.9 Å². The molecular formula is C31H33N5O2. The molecule has 1 aliphatic heterocycles. The average molecular weight is 508 g/mol. The van der Waals surface area contributed by atoms with Crippen LogP contribution in [0.25, 0.3) is 33.3 Å². The summed E-state index contributed by atoms with van der Waals surface area (Å²) < 4.78 is 8.54. The van der Waals surface area contributed by atoms with Gasteiger partial charge in [-0.25, -0.2) is 4.98 Å². The molecule has 38 heavy (non-hydrogen) atoms. The van der Waals surface area contributed by atoms with Gasteiger partial charge in [-0.05, 0) is 43.5 Å². The molecule has 0 aliphatic carbocycles. The van der Waals surface area contributed by atoms with Crippen molar-refractivity contribution in [2.75, 3.05) is 37.4 Å². The normalized spacial score (nSPS) is 15.8. The number of piperidine rings is 1. The Kier molecular flexibility index (Phi) is 6.06. The molecule has 7 nitrogen and oxygen atoms in total. The second kappa shape index (κ2) is 9.56. The minimum absolute atomic E-state index is 0.146. The summed E-state index contributed by atoms with van der Waals surface area (Å²) in [7, 11) is 5.70. The van der Waals surface area contributed by atoms with Crippen molar-refractivity contribution in [3.8, 4) is 11.3 Å². The molecule has 1 atom stereocenters. The van der Waals surface area contributed by atoms with E-state index < -0.39 is 0 Å². The molecule has 194 valence electrons. The molecule has 0 spiro atoms. The number of carbonyl (C=O) groups is 1. The summed E-state index contributed by atoms with van der Waals surface area (Å²) in [4.78, 5) is 20.5. The van der Waals surface area contributed by atoms with Gasteiger partial charge in [0.1, 0.15) is 11.3 Å². The first kappa shape index (κ1) is 24.1. The van der Waals surface area contributed by atoms with Crippen LogP contribution in [0, 0.1) is 6.92 Å². The molecule has 1 aliphatic rings. The molecule has 3 aromatic carbocycles. The predicted octanol–water partition coefficient (Wildman–Crippen LogP) is 6.08. The van der Waals surface area contributed by atoms with Gasteiger partial charge in [0.15, 0.2) is 0 Å². The Morgan fingerprint density at radius 2 is 1.87 bits per heavy atom. The number of nitrogens with one attached hydrogen (secondary N) is 2. The molecule has 6 rings (SSSR count). The third-order valence-electron chi connectivity index (χ3n) is 7.80. The largest absolute Gasteiger partial charge is 0.455 e. The minimum atomic E-state index is -0.146. The van der Waals surface area contributed by atoms with Gasteiger partial charge in [0.25, 0.3) is 5.91 Å². The van der Waals surface area contributed by atoms with E-state index in [0.717, 1.165) is 65.1 Å². The number of aryl methyl sites for hydroxylation is 2. The Balaban J connectivity index is 1.43. The highest BCUT2D eigenvalue weighted by Crippen LogP contribution is 2.41. The van der Waals surface area contributed by atoms with E-state index in [1.165, 1.54) is 5.56 Å². The van der Waals surface area contributed by atoms with Crippen molar-refractivity contribution in [2.24, 2.45) is 7.05 Å². The van der Waals surface area contributed by atoms with E-state index in [2.05, 4.69) is 58.3 Å². The van der Waals surface area contributed by atoms with Crippen molar-refractivity contribution in [3.05, 3.63) is 77.4 Å². The molecule has 1 fully saturated rings. The molecule has 0 saturated carbocycles. The molecule has 0 unspecified atom stereocenters. The fourth-order valence-corrected chi connectivity index (χ4v) is 5.80. The molecule has 3 heterocycles. The van der Waals surface area contributed by atoms with Crippen LogP contribution < -0.4 is 15.5 Å². The van der Waals surface area contributed by atoms with Crippen LogP contribution in [0.4, 0.5) is 11.6 Å². The van der Waals surface area contributed by atoms with Gasteiger partial charge in [0.05, 0.1) is 16.6 Å². The van der Waals surface area contributed by atoms with Crippen LogP contribution in [0.1, 0.15) is 40.2 Å². The van der Waals surface area contributed by atoms with Crippen molar-refractivity contribution in [1.82, 2.24) is 14.9 Å². The first-order valence-electron chi connectivity index (χ1n) is 13.2. The third-order valence-corrected chi connectivity index (χ3v) is 7.80. The lowest BCUT2D eigenvalue weighted by Crippen LogP contribution is -2.36. The Bertz CT molecular complexity index is 1650. The van der Waals surface area contributed by atoms with E-state index in [9.17, 15) is 4.79 Å². The Morgan fingerprint density at radius 3 is 2.61 bits per heavy atom. The van der Waals surface area contributed by atoms with Gasteiger partial charge >= 0.3 is 0 Å². The summed E-state index contributed by atoms with van der Waals surface area (Å²) in [6.07, 6.45) is 2.13. The molecular weight excluding hydrogens is 474 g/mol. The third kappa shape index (κ3) is 3.99. The SMILES string of the molecule is CNC(=O)c1c(-c2ccc(C)cc2)oc2cc(NC)c([C@@H]3CCCN(c4nc5ccccc5n4C)C3)cc12. The fraction of sp³-hybridized carbons (Fsp3) is 0.290. The van der Waals surface area contributed by atoms with Crippen LogP contribution in [0.15, 0.2) is 65.1 Å². The first-order valence-corrected chi connectivity index (χ1v) is 13.2. The summed E-state index contributed by atoms with van der Waals surface area (Å²) in [6, 6.07) is 20.6. The summed E-state index contributed by atoms with van der Waals surface area (Å²) in [6.45, 7) is 3.88. The zero-order valence-electron chi connectivity index (χ0n) is 22.3. The van der Waals surface area contributed by atoms with Gasteiger partial charge in [-0.2, -0.15) is 0 Å². The van der Waals surface area contributed by atoms with Gasteiger partial charge in [-0.3, -0.25) is 4.79 Å². The van der Waals surface area contributed by atoms with Crippen LogP contribution in [-0.4, -0.2) is 42.6 Å². The van der Waals surface area contributed by atoms with Gasteiger partial charge in [0.2, 0.25) is 5.95 Å². The molecule has 0 radical (unpaired) electrons. The molecule has 2 aromatic heterocycles. The lowest BCUT2D eigenvalue weighted by Gasteiger charge is -2.34. The van der Waals surface area contributed by atoms with E-state index in [1.54, 1.807) is 7.05 Å². The van der Waals surface area contributed by atoms with Crippen LogP contribution in [0.5, 0.6) is 0 Å². The summed E-state index contributed by atoms with van der Waals surface area (Å²) in [5, 5.41) is 7.06. The lowest BCUT2D eigenvalue weighted by atomic mass is 9.88. The van der Waals surface area contributed by atoms with E-state index in [0.29, 0.717) is 16.9 Å². The zero-order chi connectivity index (χ0) is 26.4. The number of rotatable bonds is 5. The van der Waals surface area contributed by atoms with Crippen molar-refractivity contribution in [2.45, 2.75) is 25.7 Å². The quantitative estimate of drug-likeness (QED) is 0.302. The number of hydrogen-bond donors (Lipinski definition) is 2. The Labute approximate surface area is 222 Å². The number of hydrogen-bond acceptors (Lipinski definition) is 5. The van der Waals surface area contributed by atoms with Crippen LogP contribution >= 0.6 is 0 Å². The first-order chi connectivity index (χ1) is 18.5. The number of anilines is 2. The van der Waals surface area contributed by atoms with E-state index >= 15 is 0 Å². The highest BCUT2D eigenvalue weighted by Gasteiger charge is 2.29. The molecule has 5 aromatic rings. The van der Waals surface area contributed by atoms with E-state index in [4.69, 9.17) is 9.40 Å². The van der Waals surface area contributed by atoms with E-state index in [-0.39, 0.29) is 11.8 Å². The summed E-state index contributed by atoms with van der Waals surface area (Å²) in [5.41, 5.74) is 7.72. The number of imidazole rings is 1. The average Bonchev–Trinajstić information content (AvgIpc) is 3.50. The Hall–Kier alpha value is -4.26. The van der Waals surface area contributed by atoms with Crippen molar-refractivity contribution < 1.29 is 9.21 Å². The minimum Gasteiger partial charge on any atom is -0.455 e. The van der Waals surface area contributed by atoms with Crippen LogP contribution in [0.3, 0.4) is 0 Å². The fourth-order valence-electron chi connectivity index (χ4n) is 5.80. The highest BCUT2D eigenvalue weighted by molar-refractivity contribution is 6.11.